The lowest BCUT2D eigenvalue weighted by atomic mass is 10.1. The summed E-state index contributed by atoms with van der Waals surface area (Å²) in [5.74, 6) is 1.87. The van der Waals surface area contributed by atoms with Gasteiger partial charge in [-0.25, -0.2) is 4.98 Å². The smallest absolute Gasteiger partial charge is 0.255 e. The van der Waals surface area contributed by atoms with E-state index in [1.54, 1.807) is 17.0 Å². The van der Waals surface area contributed by atoms with E-state index in [-0.39, 0.29) is 10.9 Å². The number of amides is 1. The quantitative estimate of drug-likeness (QED) is 0.305. The second kappa shape index (κ2) is 11.8. The van der Waals surface area contributed by atoms with E-state index in [2.05, 4.69) is 18.4 Å². The molecular formula is C27H33Cl2N3O3. The number of imidazole rings is 1. The van der Waals surface area contributed by atoms with Crippen molar-refractivity contribution in [3.05, 3.63) is 74.8 Å². The van der Waals surface area contributed by atoms with E-state index in [4.69, 9.17) is 37.7 Å². The molecule has 0 N–H and O–H groups in total. The van der Waals surface area contributed by atoms with Crippen molar-refractivity contribution in [2.75, 3.05) is 20.8 Å². The van der Waals surface area contributed by atoms with E-state index < -0.39 is 0 Å². The molecule has 1 heterocycles. The number of benzene rings is 2. The number of nitrogens with zero attached hydrogens (tertiary/aromatic N) is 3. The minimum Gasteiger partial charge on any atom is -0.493 e. The highest BCUT2D eigenvalue weighted by Crippen LogP contribution is 2.38. The molecule has 0 unspecified atom stereocenters. The number of halogens is 2. The summed E-state index contributed by atoms with van der Waals surface area (Å²) in [6.45, 7) is 9.78. The molecule has 0 fully saturated rings. The first-order chi connectivity index (χ1) is 16.7. The van der Waals surface area contributed by atoms with Gasteiger partial charge in [-0.2, -0.15) is 0 Å². The summed E-state index contributed by atoms with van der Waals surface area (Å²) in [5, 5.41) is 0.937. The monoisotopic (exact) mass is 517 g/mol. The lowest BCUT2D eigenvalue weighted by Gasteiger charge is -2.25. The Hall–Kier alpha value is -2.70. The largest absolute Gasteiger partial charge is 0.493 e. The minimum absolute atomic E-state index is 0.181. The maximum absolute atomic E-state index is 13.8. The van der Waals surface area contributed by atoms with E-state index in [1.165, 1.54) is 14.2 Å². The molecule has 6 nitrogen and oxygen atoms in total. The molecule has 35 heavy (non-hydrogen) atoms. The first-order valence-corrected chi connectivity index (χ1v) is 12.4. The van der Waals surface area contributed by atoms with Crippen LogP contribution < -0.4 is 9.47 Å². The Kier molecular flexibility index (Phi) is 9.09. The lowest BCUT2D eigenvalue weighted by Crippen LogP contribution is -2.33. The van der Waals surface area contributed by atoms with Gasteiger partial charge in [-0.05, 0) is 49.9 Å². The number of aromatic nitrogens is 2. The Balaban J connectivity index is 1.99. The molecule has 8 heteroatoms. The number of carbonyl (C=O) groups is 1. The second-order valence-corrected chi connectivity index (χ2v) is 9.73. The van der Waals surface area contributed by atoms with Gasteiger partial charge in [0.25, 0.3) is 5.91 Å². The Labute approximate surface area is 217 Å². The van der Waals surface area contributed by atoms with Crippen LogP contribution >= 0.6 is 23.2 Å². The zero-order valence-electron chi connectivity index (χ0n) is 21.2. The maximum Gasteiger partial charge on any atom is 0.255 e. The lowest BCUT2D eigenvalue weighted by molar-refractivity contribution is 0.0729. The van der Waals surface area contributed by atoms with Gasteiger partial charge in [-0.3, -0.25) is 4.79 Å². The van der Waals surface area contributed by atoms with Gasteiger partial charge in [0.05, 0.1) is 43.6 Å². The van der Waals surface area contributed by atoms with Crippen LogP contribution in [-0.4, -0.2) is 41.1 Å². The molecule has 0 spiro atoms. The summed E-state index contributed by atoms with van der Waals surface area (Å²) < 4.78 is 12.9. The Morgan fingerprint density at radius 1 is 1.09 bits per heavy atom. The molecule has 0 radical (unpaired) electrons. The third-order valence-corrected chi connectivity index (χ3v) is 6.88. The van der Waals surface area contributed by atoms with Crippen LogP contribution in [0.3, 0.4) is 0 Å². The van der Waals surface area contributed by atoms with Gasteiger partial charge in [-0.15, -0.1) is 0 Å². The van der Waals surface area contributed by atoms with Gasteiger partial charge < -0.3 is 18.9 Å². The Morgan fingerprint density at radius 2 is 1.80 bits per heavy atom. The highest BCUT2D eigenvalue weighted by molar-refractivity contribution is 6.35. The van der Waals surface area contributed by atoms with Crippen molar-refractivity contribution >= 4 is 29.1 Å². The SMILES string of the molecule is COc1ccc(C(=O)N(CCC(C)C)Cc2nc(C)c(C)n2Cc2ccccc2Cl)c(Cl)c1OC. The molecule has 0 aliphatic heterocycles. The molecule has 3 rings (SSSR count). The van der Waals surface area contributed by atoms with Crippen molar-refractivity contribution in [3.8, 4) is 11.5 Å². The molecule has 3 aromatic rings. The molecule has 0 aliphatic carbocycles. The van der Waals surface area contributed by atoms with Gasteiger partial charge in [0.15, 0.2) is 11.5 Å². The maximum atomic E-state index is 13.8. The van der Waals surface area contributed by atoms with Crippen LogP contribution in [0.15, 0.2) is 36.4 Å². The third kappa shape index (κ3) is 6.11. The zero-order chi connectivity index (χ0) is 25.7. The molecule has 1 amide bonds. The summed E-state index contributed by atoms with van der Waals surface area (Å²) in [7, 11) is 3.04. The van der Waals surface area contributed by atoms with E-state index in [1.807, 2.05) is 38.1 Å². The van der Waals surface area contributed by atoms with Gasteiger partial charge in [0, 0.05) is 17.3 Å². The van der Waals surface area contributed by atoms with Crippen LogP contribution in [0.1, 0.15) is 53.4 Å². The first-order valence-electron chi connectivity index (χ1n) is 11.6. The van der Waals surface area contributed by atoms with Crippen LogP contribution in [0.2, 0.25) is 10.0 Å². The number of methoxy groups -OCH3 is 2. The number of carbonyl (C=O) groups excluding carboxylic acids is 1. The molecular weight excluding hydrogens is 485 g/mol. The highest BCUT2D eigenvalue weighted by atomic mass is 35.5. The number of rotatable bonds is 10. The number of hydrogen-bond donors (Lipinski definition) is 0. The fourth-order valence-electron chi connectivity index (χ4n) is 3.91. The van der Waals surface area contributed by atoms with Crippen LogP contribution in [0, 0.1) is 19.8 Å². The second-order valence-electron chi connectivity index (χ2n) is 8.95. The van der Waals surface area contributed by atoms with E-state index in [0.717, 1.165) is 29.2 Å². The number of ether oxygens (including phenoxy) is 2. The minimum atomic E-state index is -0.181. The molecule has 0 saturated heterocycles. The van der Waals surface area contributed by atoms with Crippen molar-refractivity contribution < 1.29 is 14.3 Å². The summed E-state index contributed by atoms with van der Waals surface area (Å²) in [6, 6.07) is 11.2. The van der Waals surface area contributed by atoms with Crippen LogP contribution in [0.4, 0.5) is 0 Å². The van der Waals surface area contributed by atoms with Gasteiger partial charge >= 0.3 is 0 Å². The molecule has 1 aromatic heterocycles. The van der Waals surface area contributed by atoms with Crippen molar-refractivity contribution in [2.24, 2.45) is 5.92 Å². The molecule has 188 valence electrons. The van der Waals surface area contributed by atoms with Gasteiger partial charge in [-0.1, -0.05) is 55.2 Å². The summed E-state index contributed by atoms with van der Waals surface area (Å²) in [5.41, 5.74) is 3.33. The van der Waals surface area contributed by atoms with Crippen molar-refractivity contribution in [2.45, 2.75) is 47.2 Å². The molecule has 0 atom stereocenters. The van der Waals surface area contributed by atoms with Crippen LogP contribution in [0.5, 0.6) is 11.5 Å². The van der Waals surface area contributed by atoms with Gasteiger partial charge in [0.1, 0.15) is 5.82 Å². The Morgan fingerprint density at radius 3 is 2.43 bits per heavy atom. The summed E-state index contributed by atoms with van der Waals surface area (Å²) in [4.78, 5) is 20.4. The van der Waals surface area contributed by atoms with Crippen LogP contribution in [0.25, 0.3) is 0 Å². The average molecular weight is 518 g/mol. The fourth-order valence-corrected chi connectivity index (χ4v) is 4.42. The Bertz CT molecular complexity index is 1190. The summed E-state index contributed by atoms with van der Waals surface area (Å²) >= 11 is 13.0. The van der Waals surface area contributed by atoms with Crippen molar-refractivity contribution in [1.29, 1.82) is 0 Å². The van der Waals surface area contributed by atoms with E-state index in [9.17, 15) is 4.79 Å². The standard InChI is InChI=1S/C27H33Cl2N3O3/c1-17(2)13-14-31(27(33)21-11-12-23(34-5)26(35-6)25(21)29)16-24-30-18(3)19(4)32(24)15-20-9-7-8-10-22(20)28/h7-12,17H,13-16H2,1-6H3. The van der Waals surface area contributed by atoms with Crippen LogP contribution in [-0.2, 0) is 13.1 Å². The third-order valence-electron chi connectivity index (χ3n) is 6.13. The van der Waals surface area contributed by atoms with Gasteiger partial charge in [0.2, 0.25) is 0 Å². The zero-order valence-corrected chi connectivity index (χ0v) is 22.7. The normalized spacial score (nSPS) is 11.1. The topological polar surface area (TPSA) is 56.6 Å². The molecule has 2 aromatic carbocycles. The van der Waals surface area contributed by atoms with E-state index >= 15 is 0 Å². The number of aryl methyl sites for hydroxylation is 1. The average Bonchev–Trinajstić information content (AvgIpc) is 3.09. The summed E-state index contributed by atoms with van der Waals surface area (Å²) in [6.07, 6.45) is 0.847. The molecule has 0 aliphatic rings. The first kappa shape index (κ1) is 26.9. The highest BCUT2D eigenvalue weighted by Gasteiger charge is 2.25. The molecule has 0 saturated carbocycles. The predicted octanol–water partition coefficient (Wildman–Crippen LogP) is 6.56. The van der Waals surface area contributed by atoms with Crippen molar-refractivity contribution in [3.63, 3.8) is 0 Å². The fraction of sp³-hybridized carbons (Fsp3) is 0.407. The van der Waals surface area contributed by atoms with E-state index in [0.29, 0.717) is 47.6 Å². The number of hydrogen-bond acceptors (Lipinski definition) is 4. The molecule has 0 bridgehead atoms. The predicted molar refractivity (Wildman–Crippen MR) is 141 cm³/mol. The van der Waals surface area contributed by atoms with Crippen molar-refractivity contribution in [1.82, 2.24) is 14.5 Å².